The maximum absolute atomic E-state index is 11.8. The van der Waals surface area contributed by atoms with E-state index in [1.807, 2.05) is 318 Å². The monoisotopic (exact) mass is 1680 g/mol. The molecule has 0 N–H and O–H groups in total. The quantitative estimate of drug-likeness (QED) is 0.0330. The lowest BCUT2D eigenvalue weighted by Gasteiger charge is -2.33. The first-order valence-corrected chi connectivity index (χ1v) is 44.1. The number of methoxy groups -OCH3 is 1. The summed E-state index contributed by atoms with van der Waals surface area (Å²) in [7, 11) is 1.60. The molecule has 116 heavy (non-hydrogen) atoms. The summed E-state index contributed by atoms with van der Waals surface area (Å²) >= 11 is 5.65. The Bertz CT molecular complexity index is 2650. The molecule has 0 aliphatic rings. The first kappa shape index (κ1) is 130. The van der Waals surface area contributed by atoms with Crippen molar-refractivity contribution >= 4 is 65.3 Å². The van der Waals surface area contributed by atoms with Crippen LogP contribution in [0.3, 0.4) is 0 Å². The van der Waals surface area contributed by atoms with E-state index >= 15 is 0 Å². The van der Waals surface area contributed by atoms with Gasteiger partial charge in [-0.05, 0) is 310 Å². The summed E-state index contributed by atoms with van der Waals surface area (Å²) in [5.74, 6) is 0.0610. The molecule has 0 spiro atoms. The lowest BCUT2D eigenvalue weighted by molar-refractivity contribution is -0.172. The van der Waals surface area contributed by atoms with Crippen LogP contribution in [-0.2, 0) is 90.5 Å². The molecule has 3 unspecified atom stereocenters. The number of hydrogen-bond acceptors (Lipinski definition) is 19. The van der Waals surface area contributed by atoms with Gasteiger partial charge in [0.25, 0.3) is 0 Å². The molecular formula is C96H191ClO19. The van der Waals surface area contributed by atoms with Crippen LogP contribution in [0, 0.1) is 62.1 Å². The van der Waals surface area contributed by atoms with Crippen molar-refractivity contribution in [3.8, 4) is 0 Å². The normalized spacial score (nSPS) is 13.3. The Morgan fingerprint density at radius 3 is 0.698 bits per heavy atom. The van der Waals surface area contributed by atoms with Gasteiger partial charge in [-0.25, -0.2) is 0 Å². The molecule has 20 heteroatoms. The summed E-state index contributed by atoms with van der Waals surface area (Å²) in [5, 5.41) is 0. The largest absolute Gasteiger partial charge is 0.460 e. The first-order valence-electron chi connectivity index (χ1n) is 43.6. The van der Waals surface area contributed by atoms with Crippen molar-refractivity contribution in [3.05, 3.63) is 0 Å². The SMILES string of the molecule is CCC(C)(C)C(=O)OC(C)(C)C.CCC(C)(C)C(=O)OC(C)(C)C(C)C.CCC(C)(C)C(=O)OC(C)(C)CCl.CCC(C)(C)C(=O)OC(C)(C)COC.CCC(C)(C)OC(=O)C(C)(C)CC.CCC(C)C(=O)OC(C)(C)C.CCC(C)C(=O)OC(C)(C)C(C)C.CCC(C)C(=O)OC(C)(C)CC.CCCC(C)(C)OC(=O)C(C)(C)CC. The number of halogens is 1. The van der Waals surface area contributed by atoms with Crippen molar-refractivity contribution in [3.63, 3.8) is 0 Å². The van der Waals surface area contributed by atoms with Crippen LogP contribution in [-0.4, -0.2) is 124 Å². The molecule has 0 fully saturated rings. The Labute approximate surface area is 720 Å². The Hall–Kier alpha value is -4.52. The van der Waals surface area contributed by atoms with Crippen molar-refractivity contribution in [2.45, 2.75) is 487 Å². The van der Waals surface area contributed by atoms with Gasteiger partial charge in [0.2, 0.25) is 0 Å². The predicted octanol–water partition coefficient (Wildman–Crippen LogP) is 26.4. The molecule has 0 rings (SSSR count). The molecule has 0 aromatic heterocycles. The van der Waals surface area contributed by atoms with Crippen LogP contribution in [0.15, 0.2) is 0 Å². The van der Waals surface area contributed by atoms with Gasteiger partial charge in [0, 0.05) is 7.11 Å². The Morgan fingerprint density at radius 1 is 0.259 bits per heavy atom. The molecule has 0 heterocycles. The number of ether oxygens (including phenoxy) is 10. The number of alkyl halides is 1. The van der Waals surface area contributed by atoms with E-state index in [-0.39, 0.29) is 132 Å². The molecule has 0 aliphatic heterocycles. The van der Waals surface area contributed by atoms with E-state index in [9.17, 15) is 43.2 Å². The van der Waals surface area contributed by atoms with Gasteiger partial charge in [-0.1, -0.05) is 138 Å². The molecule has 0 bridgehead atoms. The van der Waals surface area contributed by atoms with Gasteiger partial charge >= 0.3 is 53.7 Å². The summed E-state index contributed by atoms with van der Waals surface area (Å²) in [6.07, 6.45) is 11.0. The van der Waals surface area contributed by atoms with Gasteiger partial charge in [-0.15, -0.1) is 11.6 Å². The maximum atomic E-state index is 11.8. The van der Waals surface area contributed by atoms with Crippen molar-refractivity contribution < 1.29 is 90.5 Å². The van der Waals surface area contributed by atoms with Gasteiger partial charge in [0.05, 0.1) is 62.7 Å². The number of carbonyl (C=O) groups excluding carboxylic acids is 9. The van der Waals surface area contributed by atoms with Crippen LogP contribution in [0.2, 0.25) is 0 Å². The number of esters is 9. The van der Waals surface area contributed by atoms with E-state index in [2.05, 4.69) is 34.6 Å². The molecule has 3 atom stereocenters. The Kier molecular flexibility index (Phi) is 63.6. The minimum Gasteiger partial charge on any atom is -0.460 e. The third-order valence-electron chi connectivity index (χ3n) is 21.2. The smallest absolute Gasteiger partial charge is 0.312 e. The minimum absolute atomic E-state index is 0.0121. The highest BCUT2D eigenvalue weighted by atomic mass is 35.5. The fourth-order valence-electron chi connectivity index (χ4n) is 6.29. The van der Waals surface area contributed by atoms with Crippen molar-refractivity contribution in [2.24, 2.45) is 62.1 Å². The van der Waals surface area contributed by atoms with Crippen LogP contribution in [0.5, 0.6) is 0 Å². The van der Waals surface area contributed by atoms with Crippen molar-refractivity contribution in [1.29, 1.82) is 0 Å². The van der Waals surface area contributed by atoms with E-state index in [0.717, 1.165) is 83.5 Å². The maximum Gasteiger partial charge on any atom is 0.312 e. The Balaban J connectivity index is -0.000000159. The van der Waals surface area contributed by atoms with Gasteiger partial charge < -0.3 is 47.4 Å². The van der Waals surface area contributed by atoms with Crippen LogP contribution in [0.25, 0.3) is 0 Å². The number of hydrogen-bond donors (Lipinski definition) is 0. The topological polar surface area (TPSA) is 246 Å². The van der Waals surface area contributed by atoms with E-state index in [4.69, 9.17) is 59.0 Å². The number of carbonyl (C=O) groups is 9. The zero-order valence-corrected chi connectivity index (χ0v) is 86.4. The third-order valence-corrected chi connectivity index (χ3v) is 21.8. The molecule has 0 saturated heterocycles. The van der Waals surface area contributed by atoms with E-state index < -0.39 is 22.0 Å². The minimum atomic E-state index is -0.564. The second-order valence-corrected chi connectivity index (χ2v) is 41.8. The highest BCUT2D eigenvalue weighted by Gasteiger charge is 2.39. The average molecular weight is 1690 g/mol. The van der Waals surface area contributed by atoms with E-state index in [1.165, 1.54) is 0 Å². The van der Waals surface area contributed by atoms with Crippen molar-refractivity contribution in [1.82, 2.24) is 0 Å². The lowest BCUT2D eigenvalue weighted by Crippen LogP contribution is -2.38. The Morgan fingerprint density at radius 2 is 0.474 bits per heavy atom. The summed E-state index contributed by atoms with van der Waals surface area (Å²) < 4.78 is 53.2. The van der Waals surface area contributed by atoms with E-state index in [0.29, 0.717) is 24.3 Å². The number of rotatable bonds is 34. The fraction of sp³-hybridized carbons (Fsp3) is 0.906. The molecule has 0 aromatic carbocycles. The average Bonchev–Trinajstić information content (AvgIpc) is 0.888. The molecular weight excluding hydrogens is 1490 g/mol. The van der Waals surface area contributed by atoms with E-state index in [1.54, 1.807) is 7.11 Å². The van der Waals surface area contributed by atoms with Crippen LogP contribution < -0.4 is 0 Å². The second kappa shape index (κ2) is 57.0. The van der Waals surface area contributed by atoms with Gasteiger partial charge in [0.1, 0.15) is 50.4 Å². The van der Waals surface area contributed by atoms with Crippen LogP contribution in [0.4, 0.5) is 0 Å². The molecule has 696 valence electrons. The molecule has 0 radical (unpaired) electrons. The summed E-state index contributed by atoms with van der Waals surface area (Å²) in [6, 6.07) is 0. The zero-order chi connectivity index (χ0) is 95.3. The van der Waals surface area contributed by atoms with Crippen LogP contribution >= 0.6 is 11.6 Å². The van der Waals surface area contributed by atoms with Crippen LogP contribution in [0.1, 0.15) is 437 Å². The summed E-state index contributed by atoms with van der Waals surface area (Å²) in [6.45, 7) is 99.4. The molecule has 0 aliphatic carbocycles. The second-order valence-electron chi connectivity index (χ2n) is 41.5. The lowest BCUT2D eigenvalue weighted by atomic mass is 9.89. The van der Waals surface area contributed by atoms with Crippen molar-refractivity contribution in [2.75, 3.05) is 19.6 Å². The zero-order valence-electron chi connectivity index (χ0n) is 85.6. The molecule has 0 aromatic rings. The molecule has 0 saturated carbocycles. The third kappa shape index (κ3) is 64.4. The predicted molar refractivity (Wildman–Crippen MR) is 483 cm³/mol. The highest BCUT2D eigenvalue weighted by molar-refractivity contribution is 6.18. The first-order chi connectivity index (χ1) is 51.4. The highest BCUT2D eigenvalue weighted by Crippen LogP contribution is 2.33. The standard InChI is InChI=1S/2C12H24O2.C11H22O3.2C11H22O2.C10H19ClO2.2C10H20O2.C9H18O2/c1-8-11(4,5)10(13)14-12(6,7)9(2)3;1-7-9-12(5,6)14-10(13)11(3,4)8-2;1-7-10(2,3)9(12)14-11(4,5)8-13-6;1-7-10(3,4)9(12)13-11(5,6)8-2;1-7-9(4)10(12)13-11(5,6)8(2)3;1-6-9(2,3)8(12)13-10(4,5)7-11;1-7-10(5,6)8(11)12-9(2,3)4;1-6-8(3)9(11)12-10(4,5)7-2;1-6-7(2)8(10)11-9(3,4)5/h9H,8H2,1-7H3;7-9H2,1-6H3;7-8H2,1-6H3;7-8H2,1-6H3;8-9H,7H2,1-6H3;6-7H2,1-5H3;7H2,1-6H3;8H,6-7H2,1-5H3;7H,6H2,1-5H3. The van der Waals surface area contributed by atoms with Gasteiger partial charge in [-0.3, -0.25) is 43.2 Å². The van der Waals surface area contributed by atoms with Gasteiger partial charge in [0.15, 0.2) is 0 Å². The summed E-state index contributed by atoms with van der Waals surface area (Å²) in [4.78, 5) is 104. The van der Waals surface area contributed by atoms with Gasteiger partial charge in [-0.2, -0.15) is 0 Å². The molecule has 19 nitrogen and oxygen atoms in total. The molecule has 0 amide bonds. The summed E-state index contributed by atoms with van der Waals surface area (Å²) in [5.41, 5.74) is -5.76. The fourth-order valence-corrected chi connectivity index (χ4v) is 6.34.